The van der Waals surface area contributed by atoms with Gasteiger partial charge in [0.1, 0.15) is 0 Å². The predicted molar refractivity (Wildman–Crippen MR) is 83.9 cm³/mol. The molecule has 0 radical (unpaired) electrons. The highest BCUT2D eigenvalue weighted by Gasteiger charge is 2.00. The van der Waals surface area contributed by atoms with Crippen molar-refractivity contribution in [2.24, 2.45) is 0 Å². The van der Waals surface area contributed by atoms with Crippen molar-refractivity contribution >= 4 is 0 Å². The highest BCUT2D eigenvalue weighted by molar-refractivity contribution is 5.24. The largest absolute Gasteiger partial charge is 0.313 e. The maximum Gasteiger partial charge on any atom is 0.0522 e. The molecular weight excluding hydrogens is 246 g/mol. The van der Waals surface area contributed by atoms with Crippen LogP contribution in [0.25, 0.3) is 0 Å². The van der Waals surface area contributed by atoms with E-state index in [2.05, 4.69) is 60.6 Å². The van der Waals surface area contributed by atoms with Crippen molar-refractivity contribution < 1.29 is 0 Å². The summed E-state index contributed by atoms with van der Waals surface area (Å²) in [5.41, 5.74) is 5.28. The number of benzene rings is 1. The van der Waals surface area contributed by atoms with Crippen molar-refractivity contribution in [3.63, 3.8) is 0 Å². The lowest BCUT2D eigenvalue weighted by atomic mass is 10.0. The highest BCUT2D eigenvalue weighted by Crippen LogP contribution is 2.14. The molecule has 3 heteroatoms. The van der Waals surface area contributed by atoms with Crippen LogP contribution in [0.15, 0.2) is 30.5 Å². The van der Waals surface area contributed by atoms with Gasteiger partial charge in [0, 0.05) is 12.2 Å². The quantitative estimate of drug-likeness (QED) is 0.756. The zero-order chi connectivity index (χ0) is 14.4. The van der Waals surface area contributed by atoms with Gasteiger partial charge in [-0.15, -0.1) is 0 Å². The molecule has 0 aliphatic rings. The third-order valence-electron chi connectivity index (χ3n) is 3.71. The Morgan fingerprint density at radius 1 is 1.20 bits per heavy atom. The van der Waals surface area contributed by atoms with Crippen molar-refractivity contribution in [3.8, 4) is 0 Å². The molecule has 0 bridgehead atoms. The van der Waals surface area contributed by atoms with Gasteiger partial charge >= 0.3 is 0 Å². The van der Waals surface area contributed by atoms with Crippen molar-refractivity contribution in [2.75, 3.05) is 6.54 Å². The second-order valence-electron chi connectivity index (χ2n) is 5.70. The molecule has 0 aliphatic heterocycles. The minimum Gasteiger partial charge on any atom is -0.313 e. The fraction of sp³-hybridized carbons (Fsp3) is 0.471. The molecule has 0 unspecified atom stereocenters. The Bertz CT molecular complexity index is 511. The Kier molecular flexibility index (Phi) is 5.36. The average molecular weight is 271 g/mol. The second-order valence-corrected chi connectivity index (χ2v) is 5.70. The van der Waals surface area contributed by atoms with E-state index in [1.165, 1.54) is 22.4 Å². The molecular formula is C17H25N3. The first-order valence-corrected chi connectivity index (χ1v) is 7.45. The number of rotatable bonds is 7. The average Bonchev–Trinajstić information content (AvgIpc) is 2.84. The van der Waals surface area contributed by atoms with Crippen LogP contribution in [0.1, 0.15) is 48.6 Å². The lowest BCUT2D eigenvalue weighted by molar-refractivity contribution is 0.648. The molecule has 1 heterocycles. The molecule has 1 aromatic carbocycles. The molecule has 2 N–H and O–H groups in total. The van der Waals surface area contributed by atoms with Gasteiger partial charge in [0.05, 0.1) is 6.20 Å². The number of aromatic nitrogens is 2. The maximum atomic E-state index is 4.05. The fourth-order valence-corrected chi connectivity index (χ4v) is 2.28. The zero-order valence-corrected chi connectivity index (χ0v) is 12.7. The molecule has 3 nitrogen and oxygen atoms in total. The van der Waals surface area contributed by atoms with Gasteiger partial charge in [0.25, 0.3) is 0 Å². The van der Waals surface area contributed by atoms with Crippen molar-refractivity contribution in [1.82, 2.24) is 15.5 Å². The summed E-state index contributed by atoms with van der Waals surface area (Å²) in [7, 11) is 0. The van der Waals surface area contributed by atoms with E-state index in [-0.39, 0.29) is 0 Å². The molecule has 0 amide bonds. The van der Waals surface area contributed by atoms with Crippen LogP contribution in [0.2, 0.25) is 0 Å². The van der Waals surface area contributed by atoms with Crippen LogP contribution >= 0.6 is 0 Å². The van der Waals surface area contributed by atoms with Crippen LogP contribution in [0.4, 0.5) is 0 Å². The van der Waals surface area contributed by atoms with Gasteiger partial charge in [-0.2, -0.15) is 5.10 Å². The lowest BCUT2D eigenvalue weighted by Crippen LogP contribution is -2.15. The van der Waals surface area contributed by atoms with Crippen molar-refractivity contribution in [2.45, 2.75) is 46.1 Å². The zero-order valence-electron chi connectivity index (χ0n) is 12.7. The molecule has 0 spiro atoms. The van der Waals surface area contributed by atoms with Gasteiger partial charge < -0.3 is 5.32 Å². The Labute approximate surface area is 121 Å². The smallest absolute Gasteiger partial charge is 0.0522 e. The number of nitrogens with one attached hydrogen (secondary N) is 2. The Morgan fingerprint density at radius 3 is 2.55 bits per heavy atom. The summed E-state index contributed by atoms with van der Waals surface area (Å²) in [6.07, 6.45) is 4.16. The van der Waals surface area contributed by atoms with Gasteiger partial charge in [-0.3, -0.25) is 5.10 Å². The summed E-state index contributed by atoms with van der Waals surface area (Å²) in [6.45, 7) is 8.52. The van der Waals surface area contributed by atoms with E-state index >= 15 is 0 Å². The van der Waals surface area contributed by atoms with E-state index in [0.29, 0.717) is 5.92 Å². The lowest BCUT2D eigenvalue weighted by Gasteiger charge is -2.08. The van der Waals surface area contributed by atoms with Crippen LogP contribution in [-0.2, 0) is 13.0 Å². The topological polar surface area (TPSA) is 40.7 Å². The van der Waals surface area contributed by atoms with Crippen molar-refractivity contribution in [1.29, 1.82) is 0 Å². The van der Waals surface area contributed by atoms with Crippen LogP contribution in [0.3, 0.4) is 0 Å². The third kappa shape index (κ3) is 4.20. The summed E-state index contributed by atoms with van der Waals surface area (Å²) >= 11 is 0. The monoisotopic (exact) mass is 271 g/mol. The second kappa shape index (κ2) is 7.25. The Hall–Kier alpha value is -1.61. The molecule has 2 aromatic rings. The van der Waals surface area contributed by atoms with Gasteiger partial charge in [0.2, 0.25) is 0 Å². The van der Waals surface area contributed by atoms with E-state index in [4.69, 9.17) is 0 Å². The number of aryl methyl sites for hydroxylation is 2. The molecule has 20 heavy (non-hydrogen) atoms. The number of aromatic amines is 1. The summed E-state index contributed by atoms with van der Waals surface area (Å²) in [6, 6.07) is 8.91. The first-order valence-electron chi connectivity index (χ1n) is 7.45. The maximum absolute atomic E-state index is 4.05. The van der Waals surface area contributed by atoms with Crippen LogP contribution < -0.4 is 5.32 Å². The summed E-state index contributed by atoms with van der Waals surface area (Å²) in [4.78, 5) is 0. The normalized spacial score (nSPS) is 11.2. The van der Waals surface area contributed by atoms with Gasteiger partial charge in [0.15, 0.2) is 0 Å². The summed E-state index contributed by atoms with van der Waals surface area (Å²) in [5.74, 6) is 0.607. The molecule has 0 aliphatic carbocycles. The van der Waals surface area contributed by atoms with Gasteiger partial charge in [-0.05, 0) is 48.9 Å². The van der Waals surface area contributed by atoms with E-state index in [1.54, 1.807) is 0 Å². The molecule has 0 saturated heterocycles. The fourth-order valence-electron chi connectivity index (χ4n) is 2.28. The first kappa shape index (κ1) is 14.8. The Morgan fingerprint density at radius 2 is 1.95 bits per heavy atom. The molecule has 1 aromatic heterocycles. The van der Waals surface area contributed by atoms with E-state index < -0.39 is 0 Å². The number of hydrogen-bond donors (Lipinski definition) is 2. The van der Waals surface area contributed by atoms with Crippen LogP contribution in [0.5, 0.6) is 0 Å². The van der Waals surface area contributed by atoms with Gasteiger partial charge in [-0.1, -0.05) is 38.1 Å². The van der Waals surface area contributed by atoms with Crippen LogP contribution in [-0.4, -0.2) is 16.7 Å². The molecule has 2 rings (SSSR count). The molecule has 0 saturated carbocycles. The Balaban J connectivity index is 1.67. The van der Waals surface area contributed by atoms with E-state index in [0.717, 1.165) is 25.9 Å². The van der Waals surface area contributed by atoms with Crippen molar-refractivity contribution in [3.05, 3.63) is 52.8 Å². The SMILES string of the molecule is Cc1[nH]ncc1CCCNCc1ccc(C(C)C)cc1. The predicted octanol–water partition coefficient (Wildman–Crippen LogP) is 3.56. The minimum atomic E-state index is 0.607. The minimum absolute atomic E-state index is 0.607. The molecule has 108 valence electrons. The third-order valence-corrected chi connectivity index (χ3v) is 3.71. The standard InChI is InChI=1S/C17H25N3/c1-13(2)16-8-6-15(7-9-16)11-18-10-4-5-17-12-19-20-14(17)3/h6-9,12-13,18H,4-5,10-11H2,1-3H3,(H,19,20). The number of nitrogens with zero attached hydrogens (tertiary/aromatic N) is 1. The van der Waals surface area contributed by atoms with Gasteiger partial charge in [-0.25, -0.2) is 0 Å². The first-order chi connectivity index (χ1) is 9.66. The van der Waals surface area contributed by atoms with Crippen LogP contribution in [0, 0.1) is 6.92 Å². The highest BCUT2D eigenvalue weighted by atomic mass is 15.1. The molecule has 0 atom stereocenters. The van der Waals surface area contributed by atoms with E-state index in [9.17, 15) is 0 Å². The number of H-pyrrole nitrogens is 1. The summed E-state index contributed by atoms with van der Waals surface area (Å²) < 4.78 is 0. The molecule has 0 fully saturated rings. The number of hydrogen-bond acceptors (Lipinski definition) is 2. The summed E-state index contributed by atoms with van der Waals surface area (Å²) in [5, 5.41) is 10.5. The van der Waals surface area contributed by atoms with E-state index in [1.807, 2.05) is 6.20 Å².